The van der Waals surface area contributed by atoms with E-state index in [1.54, 1.807) is 7.11 Å². The van der Waals surface area contributed by atoms with Crippen molar-refractivity contribution in [1.82, 2.24) is 0 Å². The Morgan fingerprint density at radius 2 is 0.791 bits per heavy atom. The zero-order valence-electron chi connectivity index (χ0n) is 24.2. The van der Waals surface area contributed by atoms with Gasteiger partial charge in [0.1, 0.15) is 18.3 Å². The van der Waals surface area contributed by atoms with Crippen molar-refractivity contribution in [3.63, 3.8) is 0 Å². The Morgan fingerprint density at radius 1 is 0.488 bits per heavy atom. The van der Waals surface area contributed by atoms with Crippen LogP contribution in [-0.4, -0.2) is 43.7 Å². The van der Waals surface area contributed by atoms with Gasteiger partial charge in [0.25, 0.3) is 0 Å². The van der Waals surface area contributed by atoms with E-state index in [9.17, 15) is 5.53 Å². The molecule has 0 bridgehead atoms. The van der Waals surface area contributed by atoms with Crippen LogP contribution in [0.5, 0.6) is 0 Å². The Bertz CT molecular complexity index is 1400. The predicted octanol–water partition coefficient (Wildman–Crippen LogP) is 7.04. The quantitative estimate of drug-likeness (QED) is 0.0908. The summed E-state index contributed by atoms with van der Waals surface area (Å²) in [5, 5.41) is 4.21. The predicted molar refractivity (Wildman–Crippen MR) is 164 cm³/mol. The highest BCUT2D eigenvalue weighted by molar-refractivity contribution is 5.18. The van der Waals surface area contributed by atoms with Gasteiger partial charge in [-0.2, -0.15) is 0 Å². The van der Waals surface area contributed by atoms with Crippen LogP contribution in [0.1, 0.15) is 22.3 Å². The summed E-state index contributed by atoms with van der Waals surface area (Å²) in [5.74, 6) is 0. The van der Waals surface area contributed by atoms with E-state index in [0.717, 1.165) is 22.3 Å². The van der Waals surface area contributed by atoms with Gasteiger partial charge in [-0.05, 0) is 27.8 Å². The molecule has 0 unspecified atom stereocenters. The highest BCUT2D eigenvalue weighted by Gasteiger charge is 2.53. The van der Waals surface area contributed by atoms with Gasteiger partial charge in [-0.15, -0.1) is 0 Å². The summed E-state index contributed by atoms with van der Waals surface area (Å²) in [4.78, 5) is 3.20. The van der Waals surface area contributed by atoms with Gasteiger partial charge in [-0.1, -0.05) is 126 Å². The molecule has 1 aliphatic carbocycles. The molecule has 5 rings (SSSR count). The van der Waals surface area contributed by atoms with Crippen molar-refractivity contribution in [2.24, 2.45) is 5.11 Å². The Kier molecular flexibility index (Phi) is 11.3. The van der Waals surface area contributed by atoms with Crippen molar-refractivity contribution in [3.05, 3.63) is 154 Å². The molecule has 0 aromatic heterocycles. The molecule has 43 heavy (non-hydrogen) atoms. The third-order valence-electron chi connectivity index (χ3n) is 7.57. The zero-order valence-corrected chi connectivity index (χ0v) is 24.2. The van der Waals surface area contributed by atoms with Gasteiger partial charge in [0.05, 0.1) is 44.7 Å². The summed E-state index contributed by atoms with van der Waals surface area (Å²) in [7, 11) is 1.59. The molecule has 8 heteroatoms. The van der Waals surface area contributed by atoms with Gasteiger partial charge in [0.15, 0.2) is 0 Å². The first-order valence-corrected chi connectivity index (χ1v) is 14.5. The standard InChI is InChI=1S/C35H37N3O5/c1-39-31-30(37-38-36)32(40-22-26-14-6-2-7-15-26)34(42-24-28-18-10-4-11-19-28)35(43-25-29-20-12-5-13-21-29)33(31)41-23-27-16-8-3-9-17-27/h2-21,30-35H,22-25H2,1H3/t30-,31+,32+,33+,34-,35-/m1/s1. The number of ether oxygens (including phenoxy) is 5. The molecule has 1 fully saturated rings. The maximum atomic E-state index is 9.68. The molecule has 0 heterocycles. The lowest BCUT2D eigenvalue weighted by Crippen LogP contribution is -2.66. The van der Waals surface area contributed by atoms with E-state index in [1.165, 1.54) is 0 Å². The van der Waals surface area contributed by atoms with Crippen molar-refractivity contribution in [2.45, 2.75) is 63.0 Å². The maximum Gasteiger partial charge on any atom is 0.115 e. The Hall–Kier alpha value is -4.01. The molecule has 0 aliphatic heterocycles. The van der Waals surface area contributed by atoms with E-state index in [-0.39, 0.29) is 0 Å². The van der Waals surface area contributed by atoms with Gasteiger partial charge in [0, 0.05) is 12.0 Å². The molecule has 0 amide bonds. The Balaban J connectivity index is 1.51. The van der Waals surface area contributed by atoms with Gasteiger partial charge in [0.2, 0.25) is 0 Å². The first-order chi connectivity index (χ1) is 21.3. The average Bonchev–Trinajstić information content (AvgIpc) is 3.07. The number of hydrogen-bond donors (Lipinski definition) is 0. The van der Waals surface area contributed by atoms with Crippen molar-refractivity contribution in [3.8, 4) is 0 Å². The van der Waals surface area contributed by atoms with Crippen LogP contribution in [-0.2, 0) is 50.1 Å². The maximum absolute atomic E-state index is 9.68. The van der Waals surface area contributed by atoms with E-state index >= 15 is 0 Å². The number of benzene rings is 4. The molecule has 6 atom stereocenters. The van der Waals surface area contributed by atoms with E-state index in [4.69, 9.17) is 23.7 Å². The molecule has 4 aromatic carbocycles. The lowest BCUT2D eigenvalue weighted by atomic mass is 9.82. The smallest absolute Gasteiger partial charge is 0.115 e. The largest absolute Gasteiger partial charge is 0.378 e. The highest BCUT2D eigenvalue weighted by atomic mass is 16.6. The second-order valence-electron chi connectivity index (χ2n) is 10.4. The Labute approximate surface area is 252 Å². The highest BCUT2D eigenvalue weighted by Crippen LogP contribution is 2.35. The first-order valence-electron chi connectivity index (χ1n) is 14.5. The lowest BCUT2D eigenvalue weighted by molar-refractivity contribution is -0.250. The Morgan fingerprint density at radius 3 is 1.12 bits per heavy atom. The molecule has 0 spiro atoms. The molecule has 1 saturated carbocycles. The number of methoxy groups -OCH3 is 1. The van der Waals surface area contributed by atoms with Gasteiger partial charge < -0.3 is 23.7 Å². The van der Waals surface area contributed by atoms with E-state index in [1.807, 2.05) is 121 Å². The van der Waals surface area contributed by atoms with Gasteiger partial charge >= 0.3 is 0 Å². The summed E-state index contributed by atoms with van der Waals surface area (Å²) in [6.45, 7) is 1.26. The monoisotopic (exact) mass is 579 g/mol. The zero-order chi connectivity index (χ0) is 29.7. The minimum Gasteiger partial charge on any atom is -0.378 e. The molecule has 8 nitrogen and oxygen atoms in total. The number of nitrogens with zero attached hydrogens (tertiary/aromatic N) is 3. The van der Waals surface area contributed by atoms with Gasteiger partial charge in [-0.3, -0.25) is 0 Å². The van der Waals surface area contributed by atoms with E-state index in [2.05, 4.69) is 10.0 Å². The van der Waals surface area contributed by atoms with Crippen LogP contribution in [0, 0.1) is 0 Å². The van der Waals surface area contributed by atoms with Crippen LogP contribution in [0.3, 0.4) is 0 Å². The van der Waals surface area contributed by atoms with Crippen molar-refractivity contribution < 1.29 is 23.7 Å². The van der Waals surface area contributed by atoms with Crippen LogP contribution >= 0.6 is 0 Å². The molecule has 4 aromatic rings. The number of hydrogen-bond acceptors (Lipinski definition) is 6. The summed E-state index contributed by atoms with van der Waals surface area (Å²) >= 11 is 0. The normalized spacial score (nSPS) is 23.4. The first kappa shape index (κ1) is 30.4. The molecule has 0 saturated heterocycles. The fraction of sp³-hybridized carbons (Fsp3) is 0.314. The SMILES string of the molecule is CO[C@H]1[C@@H](N=[N+]=[N-])[C@H](OCc2ccccc2)[C@@H](OCc2ccccc2)[C@H](OCc2ccccc2)[C@H]1OCc1ccccc1. The molecule has 1 aliphatic rings. The molecular formula is C35H37N3O5. The third kappa shape index (κ3) is 8.30. The van der Waals surface area contributed by atoms with Crippen LogP contribution in [0.15, 0.2) is 126 Å². The fourth-order valence-corrected chi connectivity index (χ4v) is 5.43. The molecule has 222 valence electrons. The fourth-order valence-electron chi connectivity index (χ4n) is 5.43. The van der Waals surface area contributed by atoms with Crippen LogP contribution in [0.4, 0.5) is 0 Å². The second kappa shape index (κ2) is 16.0. The topological polar surface area (TPSA) is 94.9 Å². The molecular weight excluding hydrogens is 542 g/mol. The summed E-state index contributed by atoms with van der Waals surface area (Å²) in [6.07, 6.45) is -3.21. The van der Waals surface area contributed by atoms with Crippen molar-refractivity contribution >= 4 is 0 Å². The second-order valence-corrected chi connectivity index (χ2v) is 10.4. The average molecular weight is 580 g/mol. The third-order valence-corrected chi connectivity index (χ3v) is 7.57. The summed E-state index contributed by atoms with van der Waals surface area (Å²) in [5.41, 5.74) is 13.7. The number of azide groups is 1. The molecule has 0 N–H and O–H groups in total. The van der Waals surface area contributed by atoms with Crippen LogP contribution in [0.2, 0.25) is 0 Å². The summed E-state index contributed by atoms with van der Waals surface area (Å²) in [6, 6.07) is 39.0. The van der Waals surface area contributed by atoms with Crippen LogP contribution in [0.25, 0.3) is 10.4 Å². The molecule has 0 radical (unpaired) electrons. The van der Waals surface area contributed by atoms with Crippen molar-refractivity contribution in [2.75, 3.05) is 7.11 Å². The summed E-state index contributed by atoms with van der Waals surface area (Å²) < 4.78 is 32.5. The minimum absolute atomic E-state index is 0.297. The number of rotatable bonds is 14. The van der Waals surface area contributed by atoms with Gasteiger partial charge in [-0.25, -0.2) is 0 Å². The van der Waals surface area contributed by atoms with E-state index in [0.29, 0.717) is 26.4 Å². The van der Waals surface area contributed by atoms with E-state index < -0.39 is 36.6 Å². The van der Waals surface area contributed by atoms with Crippen LogP contribution < -0.4 is 0 Å². The lowest BCUT2D eigenvalue weighted by Gasteiger charge is -2.48. The minimum atomic E-state index is -0.739. The van der Waals surface area contributed by atoms with Crippen molar-refractivity contribution in [1.29, 1.82) is 0 Å².